The summed E-state index contributed by atoms with van der Waals surface area (Å²) in [4.78, 5) is 36.9. The first kappa shape index (κ1) is 18.8. The van der Waals surface area contributed by atoms with Crippen LogP contribution in [0.15, 0.2) is 24.3 Å². The maximum Gasteiger partial charge on any atom is 0.326 e. The van der Waals surface area contributed by atoms with E-state index in [1.165, 1.54) is 4.90 Å². The first-order chi connectivity index (χ1) is 12.1. The summed E-state index contributed by atoms with van der Waals surface area (Å²) in [5.74, 6) is -0.230. The van der Waals surface area contributed by atoms with Crippen LogP contribution in [0.5, 0.6) is 5.75 Å². The Hall–Kier alpha value is -2.57. The first-order valence-electron chi connectivity index (χ1n) is 8.41. The summed E-state index contributed by atoms with van der Waals surface area (Å²) in [5, 5.41) is 2.68. The molecule has 0 bridgehead atoms. The Balaban J connectivity index is 1.68. The molecule has 1 aromatic carbocycles. The van der Waals surface area contributed by atoms with E-state index in [-0.39, 0.29) is 25.0 Å². The molecular formula is C18H24N2O5. The molecule has 25 heavy (non-hydrogen) atoms. The Labute approximate surface area is 147 Å². The van der Waals surface area contributed by atoms with Crippen molar-refractivity contribution < 1.29 is 23.9 Å². The van der Waals surface area contributed by atoms with Crippen molar-refractivity contribution in [2.24, 2.45) is 0 Å². The van der Waals surface area contributed by atoms with Crippen LogP contribution in [-0.2, 0) is 25.7 Å². The smallest absolute Gasteiger partial charge is 0.326 e. The largest absolute Gasteiger partial charge is 0.497 e. The third kappa shape index (κ3) is 6.45. The van der Waals surface area contributed by atoms with Gasteiger partial charge in [0.15, 0.2) is 6.61 Å². The van der Waals surface area contributed by atoms with Crippen molar-refractivity contribution in [2.45, 2.75) is 32.2 Å². The molecule has 7 nitrogen and oxygen atoms in total. The summed E-state index contributed by atoms with van der Waals surface area (Å²) >= 11 is 0. The van der Waals surface area contributed by atoms with E-state index in [4.69, 9.17) is 9.47 Å². The molecule has 136 valence electrons. The van der Waals surface area contributed by atoms with E-state index in [0.29, 0.717) is 19.5 Å². The molecule has 0 atom stereocenters. The van der Waals surface area contributed by atoms with Crippen molar-refractivity contribution in [3.8, 4) is 5.75 Å². The Morgan fingerprint density at radius 1 is 1.16 bits per heavy atom. The molecule has 2 amide bonds. The van der Waals surface area contributed by atoms with Gasteiger partial charge in [-0.3, -0.25) is 14.4 Å². The molecule has 0 radical (unpaired) electrons. The zero-order valence-electron chi connectivity index (χ0n) is 14.5. The minimum atomic E-state index is -0.560. The van der Waals surface area contributed by atoms with Crippen LogP contribution in [0, 0.1) is 0 Å². The quantitative estimate of drug-likeness (QED) is 0.750. The van der Waals surface area contributed by atoms with Crippen molar-refractivity contribution in [1.82, 2.24) is 10.2 Å². The molecule has 1 heterocycles. The predicted octanol–water partition coefficient (Wildman–Crippen LogP) is 1.26. The van der Waals surface area contributed by atoms with Crippen LogP contribution in [0.3, 0.4) is 0 Å². The van der Waals surface area contributed by atoms with Crippen molar-refractivity contribution in [3.05, 3.63) is 29.8 Å². The Morgan fingerprint density at radius 3 is 2.64 bits per heavy atom. The van der Waals surface area contributed by atoms with Crippen molar-refractivity contribution in [2.75, 3.05) is 26.8 Å². The molecule has 2 rings (SSSR count). The first-order valence-corrected chi connectivity index (χ1v) is 8.41. The van der Waals surface area contributed by atoms with Crippen LogP contribution in [0.2, 0.25) is 0 Å². The lowest BCUT2D eigenvalue weighted by Crippen LogP contribution is -2.37. The highest BCUT2D eigenvalue weighted by Crippen LogP contribution is 2.11. The summed E-state index contributed by atoms with van der Waals surface area (Å²) in [7, 11) is 1.59. The molecule has 1 aromatic rings. The summed E-state index contributed by atoms with van der Waals surface area (Å²) in [5.41, 5.74) is 0.913. The predicted molar refractivity (Wildman–Crippen MR) is 90.8 cm³/mol. The lowest BCUT2D eigenvalue weighted by Gasteiger charge is -2.19. The number of methoxy groups -OCH3 is 1. The second-order valence-corrected chi connectivity index (χ2v) is 5.91. The molecule has 0 spiro atoms. The fraction of sp³-hybridized carbons (Fsp3) is 0.500. The number of benzene rings is 1. The standard InChI is InChI=1S/C18H24N2O5/c1-24-15-8-6-14(7-9-15)11-19-16(21)13-25-18(23)12-20-10-4-2-3-5-17(20)22/h6-9H,2-5,10-13H2,1H3,(H,19,21). The van der Waals surface area contributed by atoms with Crippen molar-refractivity contribution in [3.63, 3.8) is 0 Å². The van der Waals surface area contributed by atoms with Crippen molar-refractivity contribution in [1.29, 1.82) is 0 Å². The molecule has 7 heteroatoms. The highest BCUT2D eigenvalue weighted by Gasteiger charge is 2.20. The van der Waals surface area contributed by atoms with Crippen molar-refractivity contribution >= 4 is 17.8 Å². The fourth-order valence-corrected chi connectivity index (χ4v) is 2.55. The number of nitrogens with one attached hydrogen (secondary N) is 1. The van der Waals surface area contributed by atoms with Gasteiger partial charge in [-0.2, -0.15) is 0 Å². The van der Waals surface area contributed by atoms with Crippen LogP contribution >= 0.6 is 0 Å². The van der Waals surface area contributed by atoms with E-state index >= 15 is 0 Å². The zero-order chi connectivity index (χ0) is 18.1. The number of ether oxygens (including phenoxy) is 2. The van der Waals surface area contributed by atoms with E-state index in [2.05, 4.69) is 5.32 Å². The highest BCUT2D eigenvalue weighted by atomic mass is 16.5. The average Bonchev–Trinajstić information content (AvgIpc) is 2.83. The van der Waals surface area contributed by atoms with Crippen LogP contribution in [-0.4, -0.2) is 49.5 Å². The lowest BCUT2D eigenvalue weighted by atomic mass is 10.2. The number of amides is 2. The normalized spacial score (nSPS) is 14.6. The monoisotopic (exact) mass is 348 g/mol. The second kappa shape index (κ2) is 9.66. The molecule has 1 fully saturated rings. The Morgan fingerprint density at radius 2 is 1.92 bits per heavy atom. The minimum absolute atomic E-state index is 0.0293. The minimum Gasteiger partial charge on any atom is -0.497 e. The number of rotatable bonds is 7. The van der Waals surface area contributed by atoms with Gasteiger partial charge in [0.25, 0.3) is 5.91 Å². The van der Waals surface area contributed by atoms with E-state index in [1.54, 1.807) is 19.2 Å². The van der Waals surface area contributed by atoms with Gasteiger partial charge in [0.2, 0.25) is 5.91 Å². The lowest BCUT2D eigenvalue weighted by molar-refractivity contribution is -0.152. The van der Waals surface area contributed by atoms with Gasteiger partial charge >= 0.3 is 5.97 Å². The topological polar surface area (TPSA) is 84.9 Å². The average molecular weight is 348 g/mol. The Bertz CT molecular complexity index is 600. The summed E-state index contributed by atoms with van der Waals surface area (Å²) in [6.45, 7) is 0.463. The molecule has 0 aromatic heterocycles. The molecule has 0 saturated carbocycles. The maximum atomic E-state index is 11.8. The third-order valence-electron chi connectivity index (χ3n) is 4.00. The molecule has 0 unspecified atom stereocenters. The SMILES string of the molecule is COc1ccc(CNC(=O)COC(=O)CN2CCCCCC2=O)cc1. The fourth-order valence-electron chi connectivity index (χ4n) is 2.55. The van der Waals surface area contributed by atoms with Gasteiger partial charge in [-0.1, -0.05) is 18.6 Å². The molecular weight excluding hydrogens is 324 g/mol. The van der Waals surface area contributed by atoms with E-state index in [1.807, 2.05) is 12.1 Å². The van der Waals surface area contributed by atoms with Gasteiger partial charge in [0, 0.05) is 19.5 Å². The second-order valence-electron chi connectivity index (χ2n) is 5.91. The molecule has 1 aliphatic heterocycles. The number of esters is 1. The van der Waals surface area contributed by atoms with Crippen LogP contribution in [0.1, 0.15) is 31.2 Å². The van der Waals surface area contributed by atoms with E-state index < -0.39 is 5.97 Å². The van der Waals surface area contributed by atoms with Gasteiger partial charge in [-0.05, 0) is 30.5 Å². The van der Waals surface area contributed by atoms with Crippen LogP contribution in [0.4, 0.5) is 0 Å². The highest BCUT2D eigenvalue weighted by molar-refractivity contribution is 5.84. The van der Waals surface area contributed by atoms with Crippen LogP contribution in [0.25, 0.3) is 0 Å². The number of hydrogen-bond acceptors (Lipinski definition) is 5. The van der Waals surface area contributed by atoms with E-state index in [0.717, 1.165) is 30.6 Å². The number of nitrogens with zero attached hydrogens (tertiary/aromatic N) is 1. The summed E-state index contributed by atoms with van der Waals surface area (Å²) in [6.07, 6.45) is 3.21. The van der Waals surface area contributed by atoms with E-state index in [9.17, 15) is 14.4 Å². The molecule has 0 aliphatic carbocycles. The number of carbonyl (C=O) groups excluding carboxylic acids is 3. The summed E-state index contributed by atoms with van der Waals surface area (Å²) < 4.78 is 10.0. The zero-order valence-corrected chi connectivity index (χ0v) is 14.5. The molecule has 1 saturated heterocycles. The molecule has 1 aliphatic rings. The van der Waals surface area contributed by atoms with Gasteiger partial charge in [-0.15, -0.1) is 0 Å². The van der Waals surface area contributed by atoms with Crippen LogP contribution < -0.4 is 10.1 Å². The van der Waals surface area contributed by atoms with Gasteiger partial charge in [0.05, 0.1) is 7.11 Å². The molecule has 1 N–H and O–H groups in total. The third-order valence-corrected chi connectivity index (χ3v) is 4.00. The maximum absolute atomic E-state index is 11.8. The van der Waals surface area contributed by atoms with Gasteiger partial charge in [0.1, 0.15) is 12.3 Å². The number of likely N-dealkylation sites (tertiary alicyclic amines) is 1. The Kier molecular flexibility index (Phi) is 7.25. The van der Waals surface area contributed by atoms with Gasteiger partial charge in [-0.25, -0.2) is 0 Å². The summed E-state index contributed by atoms with van der Waals surface area (Å²) in [6, 6.07) is 7.30. The number of carbonyl (C=O) groups is 3. The van der Waals surface area contributed by atoms with Gasteiger partial charge < -0.3 is 19.7 Å². The number of hydrogen-bond donors (Lipinski definition) is 1.